The highest BCUT2D eigenvalue weighted by Gasteiger charge is 2.06. The Kier molecular flexibility index (Phi) is 3.24. The van der Waals surface area contributed by atoms with Gasteiger partial charge in [-0.25, -0.2) is 4.98 Å². The molecular formula is C20H14N2O. The van der Waals surface area contributed by atoms with Crippen molar-refractivity contribution in [3.63, 3.8) is 0 Å². The second kappa shape index (κ2) is 5.54. The van der Waals surface area contributed by atoms with Crippen LogP contribution >= 0.6 is 0 Å². The molecule has 0 amide bonds. The number of rotatable bonds is 3. The molecule has 0 aliphatic heterocycles. The maximum absolute atomic E-state index is 10.7. The van der Waals surface area contributed by atoms with Crippen molar-refractivity contribution in [2.24, 2.45) is 0 Å². The van der Waals surface area contributed by atoms with Gasteiger partial charge in [0.05, 0.1) is 5.69 Å². The molecule has 0 fully saturated rings. The van der Waals surface area contributed by atoms with Gasteiger partial charge >= 0.3 is 0 Å². The fourth-order valence-electron chi connectivity index (χ4n) is 2.66. The first-order valence-electron chi connectivity index (χ1n) is 7.43. The lowest BCUT2D eigenvalue weighted by molar-refractivity contribution is 0.112. The van der Waals surface area contributed by atoms with E-state index < -0.39 is 0 Å². The molecule has 4 aromatic rings. The normalized spacial score (nSPS) is 10.8. The van der Waals surface area contributed by atoms with Crippen molar-refractivity contribution >= 4 is 11.9 Å². The summed E-state index contributed by atoms with van der Waals surface area (Å²) >= 11 is 0. The van der Waals surface area contributed by atoms with Crippen LogP contribution in [0.15, 0.2) is 79.1 Å². The van der Waals surface area contributed by atoms with Crippen LogP contribution in [-0.2, 0) is 0 Å². The molecule has 0 aliphatic carbocycles. The van der Waals surface area contributed by atoms with Gasteiger partial charge in [0.2, 0.25) is 0 Å². The number of hydrogen-bond donors (Lipinski definition) is 0. The van der Waals surface area contributed by atoms with E-state index >= 15 is 0 Å². The second-order valence-electron chi connectivity index (χ2n) is 5.42. The third kappa shape index (κ3) is 2.53. The number of fused-ring (bicyclic) bond motifs is 1. The minimum absolute atomic E-state index is 0.670. The minimum atomic E-state index is 0.670. The molecule has 2 aromatic heterocycles. The number of carbonyl (C=O) groups is 1. The standard InChI is InChI=1S/C20H14N2O/c23-14-15-6-8-17(9-7-15)19-13-22-12-18(10-11-20(22)21-19)16-4-2-1-3-5-16/h1-14H. The van der Waals surface area contributed by atoms with Gasteiger partial charge in [0.15, 0.2) is 0 Å². The van der Waals surface area contributed by atoms with E-state index in [1.165, 1.54) is 5.56 Å². The zero-order chi connectivity index (χ0) is 15.6. The third-order valence-electron chi connectivity index (χ3n) is 3.90. The van der Waals surface area contributed by atoms with Gasteiger partial charge < -0.3 is 4.40 Å². The topological polar surface area (TPSA) is 34.4 Å². The lowest BCUT2D eigenvalue weighted by Crippen LogP contribution is -1.84. The summed E-state index contributed by atoms with van der Waals surface area (Å²) in [5, 5.41) is 0. The van der Waals surface area contributed by atoms with Crippen LogP contribution in [-0.4, -0.2) is 15.7 Å². The van der Waals surface area contributed by atoms with Crippen LogP contribution in [0.2, 0.25) is 0 Å². The summed E-state index contributed by atoms with van der Waals surface area (Å²) in [6.07, 6.45) is 4.94. The van der Waals surface area contributed by atoms with Crippen molar-refractivity contribution in [1.29, 1.82) is 0 Å². The molecule has 3 nitrogen and oxygen atoms in total. The maximum Gasteiger partial charge on any atom is 0.150 e. The minimum Gasteiger partial charge on any atom is -0.306 e. The molecule has 23 heavy (non-hydrogen) atoms. The molecule has 0 saturated carbocycles. The summed E-state index contributed by atoms with van der Waals surface area (Å²) in [5.74, 6) is 0. The molecule has 3 heteroatoms. The van der Waals surface area contributed by atoms with Crippen LogP contribution in [0.25, 0.3) is 28.0 Å². The highest BCUT2D eigenvalue weighted by Crippen LogP contribution is 2.23. The molecule has 4 rings (SSSR count). The van der Waals surface area contributed by atoms with Gasteiger partial charge in [-0.3, -0.25) is 4.79 Å². The van der Waals surface area contributed by atoms with Crippen molar-refractivity contribution in [3.05, 3.63) is 84.7 Å². The van der Waals surface area contributed by atoms with E-state index in [0.717, 1.165) is 28.8 Å². The first-order chi connectivity index (χ1) is 11.3. The van der Waals surface area contributed by atoms with Crippen molar-refractivity contribution in [3.8, 4) is 22.4 Å². The average Bonchev–Trinajstić information content (AvgIpc) is 3.06. The number of imidazole rings is 1. The van der Waals surface area contributed by atoms with Crippen molar-refractivity contribution < 1.29 is 4.79 Å². The molecule has 0 spiro atoms. The summed E-state index contributed by atoms with van der Waals surface area (Å²) in [5.41, 5.74) is 5.80. The summed E-state index contributed by atoms with van der Waals surface area (Å²) in [6.45, 7) is 0. The Hall–Kier alpha value is -3.20. The molecule has 0 N–H and O–H groups in total. The number of nitrogens with zero attached hydrogens (tertiary/aromatic N) is 2. The second-order valence-corrected chi connectivity index (χ2v) is 5.42. The third-order valence-corrected chi connectivity index (χ3v) is 3.90. The van der Waals surface area contributed by atoms with Gasteiger partial charge in [0.1, 0.15) is 11.9 Å². The van der Waals surface area contributed by atoms with Crippen LogP contribution in [0, 0.1) is 0 Å². The quantitative estimate of drug-likeness (QED) is 0.523. The Balaban J connectivity index is 1.77. The molecule has 0 unspecified atom stereocenters. The zero-order valence-electron chi connectivity index (χ0n) is 12.4. The Morgan fingerprint density at radius 1 is 0.739 bits per heavy atom. The lowest BCUT2D eigenvalue weighted by Gasteiger charge is -2.01. The van der Waals surface area contributed by atoms with E-state index in [1.807, 2.05) is 59.1 Å². The number of aromatic nitrogens is 2. The molecule has 0 bridgehead atoms. The number of pyridine rings is 1. The Morgan fingerprint density at radius 3 is 2.22 bits per heavy atom. The summed E-state index contributed by atoms with van der Waals surface area (Å²) in [6, 6.07) is 21.8. The molecule has 0 atom stereocenters. The molecule has 0 aliphatic rings. The summed E-state index contributed by atoms with van der Waals surface area (Å²) < 4.78 is 2.03. The Labute approximate surface area is 133 Å². The van der Waals surface area contributed by atoms with E-state index in [-0.39, 0.29) is 0 Å². The summed E-state index contributed by atoms with van der Waals surface area (Å²) in [4.78, 5) is 15.4. The van der Waals surface area contributed by atoms with E-state index in [9.17, 15) is 4.79 Å². The van der Waals surface area contributed by atoms with E-state index in [1.54, 1.807) is 0 Å². The van der Waals surface area contributed by atoms with E-state index in [2.05, 4.69) is 29.4 Å². The Morgan fingerprint density at radius 2 is 1.48 bits per heavy atom. The first kappa shape index (κ1) is 13.5. The smallest absolute Gasteiger partial charge is 0.150 e. The van der Waals surface area contributed by atoms with Crippen LogP contribution < -0.4 is 0 Å². The van der Waals surface area contributed by atoms with Gasteiger partial charge in [-0.2, -0.15) is 0 Å². The number of benzene rings is 2. The van der Waals surface area contributed by atoms with Crippen LogP contribution in [0.4, 0.5) is 0 Å². The number of carbonyl (C=O) groups excluding carboxylic acids is 1. The van der Waals surface area contributed by atoms with Crippen LogP contribution in [0.1, 0.15) is 10.4 Å². The predicted molar refractivity (Wildman–Crippen MR) is 91.5 cm³/mol. The predicted octanol–water partition coefficient (Wildman–Crippen LogP) is 4.48. The SMILES string of the molecule is O=Cc1ccc(-c2cn3cc(-c4ccccc4)ccc3n2)cc1. The van der Waals surface area contributed by atoms with Crippen molar-refractivity contribution in [2.75, 3.05) is 0 Å². The highest BCUT2D eigenvalue weighted by atomic mass is 16.1. The van der Waals surface area contributed by atoms with Crippen LogP contribution in [0.3, 0.4) is 0 Å². The molecular weight excluding hydrogens is 284 g/mol. The van der Waals surface area contributed by atoms with E-state index in [0.29, 0.717) is 5.56 Å². The van der Waals surface area contributed by atoms with Crippen molar-refractivity contribution in [1.82, 2.24) is 9.38 Å². The Bertz CT molecular complexity index is 970. The summed E-state index contributed by atoms with van der Waals surface area (Å²) in [7, 11) is 0. The molecule has 2 aromatic carbocycles. The molecule has 0 saturated heterocycles. The zero-order valence-corrected chi connectivity index (χ0v) is 12.4. The first-order valence-corrected chi connectivity index (χ1v) is 7.43. The fourth-order valence-corrected chi connectivity index (χ4v) is 2.66. The number of aldehydes is 1. The largest absolute Gasteiger partial charge is 0.306 e. The van der Waals surface area contributed by atoms with Gasteiger partial charge in [0, 0.05) is 23.5 Å². The van der Waals surface area contributed by atoms with Gasteiger partial charge in [-0.15, -0.1) is 0 Å². The van der Waals surface area contributed by atoms with Crippen LogP contribution in [0.5, 0.6) is 0 Å². The molecule has 110 valence electrons. The lowest BCUT2D eigenvalue weighted by atomic mass is 10.1. The fraction of sp³-hybridized carbons (Fsp3) is 0. The van der Waals surface area contributed by atoms with E-state index in [4.69, 9.17) is 0 Å². The average molecular weight is 298 g/mol. The van der Waals surface area contributed by atoms with Gasteiger partial charge in [0.25, 0.3) is 0 Å². The van der Waals surface area contributed by atoms with Crippen molar-refractivity contribution in [2.45, 2.75) is 0 Å². The number of hydrogen-bond acceptors (Lipinski definition) is 2. The monoisotopic (exact) mass is 298 g/mol. The maximum atomic E-state index is 10.7. The molecule has 2 heterocycles. The van der Waals surface area contributed by atoms with Gasteiger partial charge in [-0.1, -0.05) is 54.6 Å². The highest BCUT2D eigenvalue weighted by molar-refractivity contribution is 5.76. The molecule has 0 radical (unpaired) electrons. The van der Waals surface area contributed by atoms with Gasteiger partial charge in [-0.05, 0) is 23.3 Å².